The number of likely N-dealkylation sites (tertiary alicyclic amines) is 1. The molecule has 2 aliphatic rings. The first-order valence-electron chi connectivity index (χ1n) is 7.73. The number of aromatic amines is 1. The van der Waals surface area contributed by atoms with Gasteiger partial charge in [-0.3, -0.25) is 14.8 Å². The Balaban J connectivity index is 1.67. The summed E-state index contributed by atoms with van der Waals surface area (Å²) in [5.41, 5.74) is 2.93. The van der Waals surface area contributed by atoms with Gasteiger partial charge in [-0.15, -0.1) is 0 Å². The summed E-state index contributed by atoms with van der Waals surface area (Å²) >= 11 is 0. The van der Waals surface area contributed by atoms with Gasteiger partial charge < -0.3 is 4.90 Å². The molecule has 1 aromatic rings. The van der Waals surface area contributed by atoms with E-state index < -0.39 is 0 Å². The zero-order chi connectivity index (χ0) is 14.1. The third kappa shape index (κ3) is 2.59. The number of rotatable bonds is 4. The second-order valence-corrected chi connectivity index (χ2v) is 6.42. The van der Waals surface area contributed by atoms with E-state index in [1.54, 1.807) is 0 Å². The number of amides is 1. The van der Waals surface area contributed by atoms with Gasteiger partial charge >= 0.3 is 0 Å². The maximum Gasteiger partial charge on any atom is 0.274 e. The highest BCUT2D eigenvalue weighted by molar-refractivity contribution is 5.94. The second kappa shape index (κ2) is 5.56. The van der Waals surface area contributed by atoms with Gasteiger partial charge in [0.25, 0.3) is 5.91 Å². The average Bonchev–Trinajstić information content (AvgIpc) is 3.11. The van der Waals surface area contributed by atoms with Crippen LogP contribution in [0.3, 0.4) is 0 Å². The van der Waals surface area contributed by atoms with E-state index in [9.17, 15) is 4.79 Å². The van der Waals surface area contributed by atoms with Crippen molar-refractivity contribution < 1.29 is 4.79 Å². The third-order valence-corrected chi connectivity index (χ3v) is 4.33. The van der Waals surface area contributed by atoms with Gasteiger partial charge in [0.15, 0.2) is 5.69 Å². The molecule has 3 rings (SSSR count). The number of nitrogens with one attached hydrogen (secondary N) is 1. The van der Waals surface area contributed by atoms with Gasteiger partial charge in [0.2, 0.25) is 0 Å². The molecule has 110 valence electrons. The number of aromatic nitrogens is 2. The Morgan fingerprint density at radius 2 is 2.05 bits per heavy atom. The van der Waals surface area contributed by atoms with Gasteiger partial charge in [-0.1, -0.05) is 13.8 Å². The average molecular weight is 276 g/mol. The standard InChI is InChI=1S/C15H24N4O/c1-11(2)5-8-18-9-12-13(10-18)16-17-14(12)15(20)19-6-3-4-7-19/h11H,3-10H2,1-2H3,(H,16,17). The number of H-pyrrole nitrogens is 1. The highest BCUT2D eigenvalue weighted by Gasteiger charge is 2.30. The SMILES string of the molecule is CC(C)CCN1Cc2[nH]nc(C(=O)N3CCCC3)c2C1. The summed E-state index contributed by atoms with van der Waals surface area (Å²) < 4.78 is 0. The normalized spacial score (nSPS) is 19.1. The monoisotopic (exact) mass is 276 g/mol. The lowest BCUT2D eigenvalue weighted by Crippen LogP contribution is -2.29. The van der Waals surface area contributed by atoms with Gasteiger partial charge in [0.05, 0.1) is 5.69 Å². The molecule has 0 radical (unpaired) electrons. The van der Waals surface area contributed by atoms with Gasteiger partial charge in [-0.05, 0) is 31.7 Å². The number of hydrogen-bond acceptors (Lipinski definition) is 3. The van der Waals surface area contributed by atoms with Crippen LogP contribution in [0.4, 0.5) is 0 Å². The van der Waals surface area contributed by atoms with Crippen molar-refractivity contribution in [2.45, 2.75) is 46.2 Å². The molecule has 0 aromatic carbocycles. The minimum absolute atomic E-state index is 0.116. The van der Waals surface area contributed by atoms with Crippen LogP contribution < -0.4 is 0 Å². The molecule has 3 heterocycles. The number of carbonyl (C=O) groups is 1. The fourth-order valence-corrected chi connectivity index (χ4v) is 3.05. The first kappa shape index (κ1) is 13.6. The van der Waals surface area contributed by atoms with Crippen LogP contribution in [0.2, 0.25) is 0 Å². The molecule has 1 N–H and O–H groups in total. The molecule has 0 bridgehead atoms. The molecule has 1 fully saturated rings. The van der Waals surface area contributed by atoms with Crippen LogP contribution >= 0.6 is 0 Å². The van der Waals surface area contributed by atoms with Crippen molar-refractivity contribution >= 4 is 5.91 Å². The molecule has 0 aliphatic carbocycles. The number of fused-ring (bicyclic) bond motifs is 1. The van der Waals surface area contributed by atoms with E-state index >= 15 is 0 Å². The van der Waals surface area contributed by atoms with E-state index in [4.69, 9.17) is 0 Å². The van der Waals surface area contributed by atoms with Crippen LogP contribution in [0.1, 0.15) is 54.9 Å². The molecule has 0 spiro atoms. The molecule has 1 amide bonds. The summed E-state index contributed by atoms with van der Waals surface area (Å²) in [5.74, 6) is 0.837. The molecule has 0 saturated carbocycles. The van der Waals surface area contributed by atoms with Gasteiger partial charge in [0.1, 0.15) is 0 Å². The maximum atomic E-state index is 12.5. The Morgan fingerprint density at radius 1 is 1.30 bits per heavy atom. The Kier molecular flexibility index (Phi) is 3.78. The van der Waals surface area contributed by atoms with Crippen LogP contribution in [0.15, 0.2) is 0 Å². The third-order valence-electron chi connectivity index (χ3n) is 4.33. The summed E-state index contributed by atoms with van der Waals surface area (Å²) in [6.45, 7) is 9.14. The van der Waals surface area contributed by atoms with Crippen molar-refractivity contribution in [2.75, 3.05) is 19.6 Å². The zero-order valence-corrected chi connectivity index (χ0v) is 12.5. The number of hydrogen-bond donors (Lipinski definition) is 1. The molecule has 5 heteroatoms. The molecule has 0 unspecified atom stereocenters. The molecule has 2 aliphatic heterocycles. The molecule has 5 nitrogen and oxygen atoms in total. The minimum Gasteiger partial charge on any atom is -0.337 e. The van der Waals surface area contributed by atoms with Crippen LogP contribution in [-0.2, 0) is 13.1 Å². The Morgan fingerprint density at radius 3 is 2.75 bits per heavy atom. The fraction of sp³-hybridized carbons (Fsp3) is 0.733. The van der Waals surface area contributed by atoms with E-state index in [1.807, 2.05) is 4.90 Å². The molecule has 1 aromatic heterocycles. The first-order valence-corrected chi connectivity index (χ1v) is 7.73. The van der Waals surface area contributed by atoms with Crippen LogP contribution in [0.25, 0.3) is 0 Å². The number of nitrogens with zero attached hydrogens (tertiary/aromatic N) is 3. The lowest BCUT2D eigenvalue weighted by atomic mass is 10.1. The van der Waals surface area contributed by atoms with Gasteiger partial charge in [-0.25, -0.2) is 0 Å². The van der Waals surface area contributed by atoms with Crippen molar-refractivity contribution in [1.29, 1.82) is 0 Å². The predicted octanol–water partition coefficient (Wildman–Crippen LogP) is 2.01. The van der Waals surface area contributed by atoms with Crippen molar-refractivity contribution in [2.24, 2.45) is 5.92 Å². The predicted molar refractivity (Wildman–Crippen MR) is 77.3 cm³/mol. The van der Waals surface area contributed by atoms with E-state index in [1.165, 1.54) is 6.42 Å². The smallest absolute Gasteiger partial charge is 0.274 e. The summed E-state index contributed by atoms with van der Waals surface area (Å²) in [6, 6.07) is 0. The number of carbonyl (C=O) groups excluding carboxylic acids is 1. The van der Waals surface area contributed by atoms with Crippen molar-refractivity contribution in [1.82, 2.24) is 20.0 Å². The lowest BCUT2D eigenvalue weighted by Gasteiger charge is -2.17. The van der Waals surface area contributed by atoms with E-state index in [0.717, 1.165) is 62.7 Å². The fourth-order valence-electron chi connectivity index (χ4n) is 3.05. The zero-order valence-electron chi connectivity index (χ0n) is 12.5. The van der Waals surface area contributed by atoms with Crippen molar-refractivity contribution in [3.8, 4) is 0 Å². The minimum atomic E-state index is 0.116. The quantitative estimate of drug-likeness (QED) is 0.915. The highest BCUT2D eigenvalue weighted by Crippen LogP contribution is 2.26. The van der Waals surface area contributed by atoms with Crippen LogP contribution in [0.5, 0.6) is 0 Å². The summed E-state index contributed by atoms with van der Waals surface area (Å²) in [7, 11) is 0. The Labute approximate surface area is 120 Å². The molecule has 0 atom stereocenters. The van der Waals surface area contributed by atoms with Crippen LogP contribution in [-0.4, -0.2) is 45.5 Å². The van der Waals surface area contributed by atoms with Gasteiger partial charge in [0, 0.05) is 31.7 Å². The summed E-state index contributed by atoms with van der Waals surface area (Å²) in [6.07, 6.45) is 3.45. The van der Waals surface area contributed by atoms with Crippen molar-refractivity contribution in [3.05, 3.63) is 17.0 Å². The molecular formula is C15H24N4O. The summed E-state index contributed by atoms with van der Waals surface area (Å²) in [5, 5.41) is 7.34. The first-order chi connectivity index (χ1) is 9.65. The van der Waals surface area contributed by atoms with E-state index in [0.29, 0.717) is 5.69 Å². The molecule has 20 heavy (non-hydrogen) atoms. The van der Waals surface area contributed by atoms with Crippen LogP contribution in [0, 0.1) is 5.92 Å². The Bertz CT molecular complexity index is 488. The highest BCUT2D eigenvalue weighted by atomic mass is 16.2. The topological polar surface area (TPSA) is 52.2 Å². The Hall–Kier alpha value is -1.36. The lowest BCUT2D eigenvalue weighted by molar-refractivity contribution is 0.0785. The largest absolute Gasteiger partial charge is 0.337 e. The molecule has 1 saturated heterocycles. The maximum absolute atomic E-state index is 12.5. The van der Waals surface area contributed by atoms with E-state index in [2.05, 4.69) is 28.9 Å². The van der Waals surface area contributed by atoms with Gasteiger partial charge in [-0.2, -0.15) is 5.10 Å². The molecular weight excluding hydrogens is 252 g/mol. The summed E-state index contributed by atoms with van der Waals surface area (Å²) in [4.78, 5) is 16.8. The van der Waals surface area contributed by atoms with Crippen molar-refractivity contribution in [3.63, 3.8) is 0 Å². The second-order valence-electron chi connectivity index (χ2n) is 6.42. The van der Waals surface area contributed by atoms with E-state index in [-0.39, 0.29) is 5.91 Å².